The molecule has 1 nitrogen and oxygen atoms in total. The summed E-state index contributed by atoms with van der Waals surface area (Å²) in [6, 6.07) is 37.4. The molecular formula is C65H84N+. The zero-order valence-electron chi connectivity index (χ0n) is 45.0. The van der Waals surface area contributed by atoms with Gasteiger partial charge in [-0.3, -0.25) is 0 Å². The molecule has 8 rings (SSSR count). The molecule has 1 aliphatic carbocycles. The topological polar surface area (TPSA) is 3.88 Å². The van der Waals surface area contributed by atoms with Crippen LogP contribution in [-0.4, -0.2) is 0 Å². The summed E-state index contributed by atoms with van der Waals surface area (Å²) in [4.78, 5) is 0. The number of rotatable bonds is 5. The average Bonchev–Trinajstić information content (AvgIpc) is 3.32. The molecule has 1 heteroatoms. The molecule has 0 N–H and O–H groups in total. The van der Waals surface area contributed by atoms with Gasteiger partial charge in [0.05, 0.1) is 10.9 Å². The Morgan fingerprint density at radius 3 is 1.29 bits per heavy atom. The Bertz CT molecular complexity index is 2720. The number of fused-ring (bicyclic) bond motifs is 6. The zero-order valence-corrected chi connectivity index (χ0v) is 45.0. The van der Waals surface area contributed by atoms with Gasteiger partial charge in [-0.05, 0) is 158 Å². The first-order valence-corrected chi connectivity index (χ1v) is 25.5. The maximum absolute atomic E-state index is 2.73. The molecule has 0 spiro atoms. The van der Waals surface area contributed by atoms with Crippen LogP contribution in [0.15, 0.2) is 97.2 Å². The highest BCUT2D eigenvalue weighted by Crippen LogP contribution is 2.62. The quantitative estimate of drug-likeness (QED) is 0.152. The molecule has 0 bridgehead atoms. The van der Waals surface area contributed by atoms with E-state index in [1.165, 1.54) is 94.4 Å². The third-order valence-electron chi connectivity index (χ3n) is 17.9. The largest absolute Gasteiger partial charge is 0.221 e. The predicted octanol–water partition coefficient (Wildman–Crippen LogP) is 18.0. The standard InChI is InChI=1S/C65H84N/c1-21-65(22-2)27-25-41-23-24-42(36-53(41)57-54-40-56-55(37-43(54)26-28-66(57)65)62(15,16)64(19,20)63(56,17)18)44-29-45(47-32-49(58(3,4)5)38-50(33-47)59(6,7)8)31-46(30-44)48-34-51(60(9,10)11)39-52(35-48)61(12,13)14/h23-24,26,28-40H,21-22,25,27H2,1-20H3/q+1. The van der Waals surface area contributed by atoms with Gasteiger partial charge in [-0.2, -0.15) is 4.57 Å². The lowest BCUT2D eigenvalue weighted by atomic mass is 9.59. The Labute approximate surface area is 401 Å². The molecule has 6 aromatic rings. The van der Waals surface area contributed by atoms with Gasteiger partial charge >= 0.3 is 0 Å². The predicted molar refractivity (Wildman–Crippen MR) is 287 cm³/mol. The van der Waals surface area contributed by atoms with Crippen LogP contribution in [0.5, 0.6) is 0 Å². The van der Waals surface area contributed by atoms with E-state index in [0.717, 1.165) is 25.7 Å². The van der Waals surface area contributed by atoms with Gasteiger partial charge in [0.2, 0.25) is 5.69 Å². The van der Waals surface area contributed by atoms with Crippen LogP contribution < -0.4 is 4.57 Å². The summed E-state index contributed by atoms with van der Waals surface area (Å²) in [6.07, 6.45) is 6.85. The van der Waals surface area contributed by atoms with Crippen molar-refractivity contribution >= 4 is 10.8 Å². The lowest BCUT2D eigenvalue weighted by Crippen LogP contribution is -2.56. The van der Waals surface area contributed by atoms with Gasteiger partial charge < -0.3 is 0 Å². The van der Waals surface area contributed by atoms with E-state index in [0.29, 0.717) is 0 Å². The number of nitrogens with zero attached hydrogens (tertiary/aromatic N) is 1. The molecule has 1 aliphatic heterocycles. The van der Waals surface area contributed by atoms with Gasteiger partial charge in [-0.25, -0.2) is 0 Å². The van der Waals surface area contributed by atoms with Crippen LogP contribution in [0.3, 0.4) is 0 Å². The van der Waals surface area contributed by atoms with Crippen LogP contribution in [0.4, 0.5) is 0 Å². The van der Waals surface area contributed by atoms with E-state index in [1.54, 1.807) is 0 Å². The number of aryl methyl sites for hydroxylation is 1. The molecule has 348 valence electrons. The number of aromatic nitrogens is 1. The maximum atomic E-state index is 2.73. The van der Waals surface area contributed by atoms with Gasteiger partial charge in [0.25, 0.3) is 0 Å². The van der Waals surface area contributed by atoms with Crippen molar-refractivity contribution in [3.05, 3.63) is 136 Å². The Morgan fingerprint density at radius 1 is 0.455 bits per heavy atom. The molecule has 0 fully saturated rings. The first-order valence-electron chi connectivity index (χ1n) is 25.5. The summed E-state index contributed by atoms with van der Waals surface area (Å²) in [5, 5.41) is 2.74. The first kappa shape index (κ1) is 48.0. The molecule has 2 aliphatic rings. The van der Waals surface area contributed by atoms with E-state index >= 15 is 0 Å². The van der Waals surface area contributed by atoms with E-state index in [-0.39, 0.29) is 43.4 Å². The molecule has 0 saturated carbocycles. The van der Waals surface area contributed by atoms with Gasteiger partial charge in [0, 0.05) is 25.3 Å². The van der Waals surface area contributed by atoms with E-state index in [9.17, 15) is 0 Å². The Kier molecular flexibility index (Phi) is 11.3. The highest BCUT2D eigenvalue weighted by atomic mass is 15.1. The molecule has 1 aromatic heterocycles. The molecule has 0 saturated heterocycles. The van der Waals surface area contributed by atoms with Crippen molar-refractivity contribution in [2.75, 3.05) is 0 Å². The maximum Gasteiger partial charge on any atom is 0.221 e. The minimum Gasteiger partial charge on any atom is -0.192 e. The smallest absolute Gasteiger partial charge is 0.192 e. The molecule has 2 heterocycles. The number of hydrogen-bond donors (Lipinski definition) is 0. The van der Waals surface area contributed by atoms with Gasteiger partial charge in [-0.15, -0.1) is 0 Å². The van der Waals surface area contributed by atoms with Gasteiger partial charge in [0.15, 0.2) is 11.7 Å². The van der Waals surface area contributed by atoms with Crippen LogP contribution in [0.2, 0.25) is 0 Å². The normalized spacial score (nSPS) is 17.6. The molecule has 66 heavy (non-hydrogen) atoms. The van der Waals surface area contributed by atoms with Crippen molar-refractivity contribution in [2.24, 2.45) is 5.41 Å². The van der Waals surface area contributed by atoms with Crippen molar-refractivity contribution in [1.29, 1.82) is 0 Å². The molecular weight excluding hydrogens is 795 g/mol. The Balaban J connectivity index is 1.44. The van der Waals surface area contributed by atoms with Crippen LogP contribution in [-0.2, 0) is 44.4 Å². The average molecular weight is 879 g/mol. The van der Waals surface area contributed by atoms with Crippen molar-refractivity contribution in [3.63, 3.8) is 0 Å². The molecule has 0 atom stereocenters. The van der Waals surface area contributed by atoms with E-state index in [1.807, 2.05) is 0 Å². The lowest BCUT2D eigenvalue weighted by molar-refractivity contribution is -0.756. The zero-order chi connectivity index (χ0) is 48.5. The second kappa shape index (κ2) is 15.5. The summed E-state index contributed by atoms with van der Waals surface area (Å²) in [5.74, 6) is 0. The molecule has 0 unspecified atom stereocenters. The third-order valence-corrected chi connectivity index (χ3v) is 17.9. The number of hydrogen-bond acceptors (Lipinski definition) is 0. The number of pyridine rings is 1. The monoisotopic (exact) mass is 879 g/mol. The van der Waals surface area contributed by atoms with E-state index in [4.69, 9.17) is 0 Å². The Morgan fingerprint density at radius 2 is 0.864 bits per heavy atom. The number of benzene rings is 5. The van der Waals surface area contributed by atoms with Gasteiger partial charge in [0.1, 0.15) is 0 Å². The minimum absolute atomic E-state index is 0.0109. The van der Waals surface area contributed by atoms with E-state index < -0.39 is 0 Å². The molecule has 0 amide bonds. The third kappa shape index (κ3) is 7.81. The van der Waals surface area contributed by atoms with Crippen LogP contribution >= 0.6 is 0 Å². The fourth-order valence-electron chi connectivity index (χ4n) is 11.6. The fraction of sp³-hybridized carbons (Fsp3) is 0.492. The lowest BCUT2D eigenvalue weighted by Gasteiger charge is -2.44. The Hall–Kier alpha value is -4.49. The van der Waals surface area contributed by atoms with Crippen molar-refractivity contribution in [1.82, 2.24) is 0 Å². The van der Waals surface area contributed by atoms with Crippen molar-refractivity contribution < 1.29 is 4.57 Å². The first-order chi connectivity index (χ1) is 30.3. The van der Waals surface area contributed by atoms with Crippen molar-refractivity contribution in [2.45, 2.75) is 202 Å². The van der Waals surface area contributed by atoms with E-state index in [2.05, 4.69) is 240 Å². The summed E-state index contributed by atoms with van der Waals surface area (Å²) in [6.45, 7) is 47.9. The summed E-state index contributed by atoms with van der Waals surface area (Å²) < 4.78 is 2.73. The van der Waals surface area contributed by atoms with Crippen LogP contribution in [0, 0.1) is 5.41 Å². The summed E-state index contributed by atoms with van der Waals surface area (Å²) >= 11 is 0. The minimum atomic E-state index is 0.0109. The van der Waals surface area contributed by atoms with Gasteiger partial charge in [-0.1, -0.05) is 187 Å². The van der Waals surface area contributed by atoms with Crippen molar-refractivity contribution in [3.8, 4) is 44.6 Å². The highest BCUT2D eigenvalue weighted by Gasteiger charge is 2.57. The second-order valence-corrected chi connectivity index (χ2v) is 26.6. The SMILES string of the molecule is CCC1(CC)CCc2ccc(-c3cc(-c4cc(C(C)(C)C)cc(C(C)(C)C)c4)cc(-c4cc(C(C)(C)C)cc(C(C)(C)C)c4)c3)cc2-c2c3cc4c(cc3cc[n+]21)C(C)(C)C(C)(C)C4(C)C. The van der Waals surface area contributed by atoms with Crippen LogP contribution in [0.1, 0.15) is 197 Å². The summed E-state index contributed by atoms with van der Waals surface area (Å²) in [7, 11) is 0. The summed E-state index contributed by atoms with van der Waals surface area (Å²) in [5.41, 5.74) is 20.7. The fourth-order valence-corrected chi connectivity index (χ4v) is 11.6. The molecule has 5 aromatic carbocycles. The van der Waals surface area contributed by atoms with Crippen LogP contribution in [0.25, 0.3) is 55.4 Å². The second-order valence-electron chi connectivity index (χ2n) is 26.6. The molecule has 0 radical (unpaired) electrons. The highest BCUT2D eigenvalue weighted by molar-refractivity contribution is 5.96.